The molecule has 0 radical (unpaired) electrons. The molecular weight excluding hydrogens is 306 g/mol. The summed E-state index contributed by atoms with van der Waals surface area (Å²) in [7, 11) is 0. The second-order valence-electron chi connectivity index (χ2n) is 3.98. The van der Waals surface area contributed by atoms with Gasteiger partial charge in [-0.05, 0) is 28.1 Å². The summed E-state index contributed by atoms with van der Waals surface area (Å²) in [5, 5.41) is 4.23. The largest absolute Gasteiger partial charge is 0.382 e. The van der Waals surface area contributed by atoms with Gasteiger partial charge in [0.05, 0.1) is 23.6 Å². The van der Waals surface area contributed by atoms with Crippen molar-refractivity contribution in [1.82, 2.24) is 15.0 Å². The average molecular weight is 316 g/mol. The smallest absolute Gasteiger partial charge is 0.149 e. The number of hydrogen-bond acceptors (Lipinski definition) is 5. The zero-order chi connectivity index (χ0) is 13.2. The fourth-order valence-electron chi connectivity index (χ4n) is 1.78. The molecule has 0 fully saturated rings. The molecule has 5 nitrogen and oxygen atoms in total. The van der Waals surface area contributed by atoms with Crippen LogP contribution in [0.1, 0.15) is 0 Å². The van der Waals surface area contributed by atoms with Crippen LogP contribution < -0.4 is 11.1 Å². The molecule has 1 aromatic carbocycles. The topological polar surface area (TPSA) is 76.7 Å². The summed E-state index contributed by atoms with van der Waals surface area (Å²) in [6.45, 7) is 0. The summed E-state index contributed by atoms with van der Waals surface area (Å²) in [4.78, 5) is 12.6. The third-order valence-corrected chi connectivity index (χ3v) is 3.05. The minimum absolute atomic E-state index is 0.394. The van der Waals surface area contributed by atoms with Crippen LogP contribution in [-0.4, -0.2) is 15.0 Å². The van der Waals surface area contributed by atoms with Gasteiger partial charge in [-0.2, -0.15) is 0 Å². The third kappa shape index (κ3) is 2.48. The molecule has 0 aliphatic heterocycles. The molecule has 0 unspecified atom stereocenters. The van der Waals surface area contributed by atoms with Crippen molar-refractivity contribution in [2.45, 2.75) is 0 Å². The van der Waals surface area contributed by atoms with E-state index in [0.29, 0.717) is 11.6 Å². The third-order valence-electron chi connectivity index (χ3n) is 2.61. The molecule has 0 saturated heterocycles. The highest BCUT2D eigenvalue weighted by Gasteiger charge is 2.04. The number of nitrogens with one attached hydrogen (secondary N) is 1. The number of nitrogens with zero attached hydrogens (tertiary/aromatic N) is 3. The number of nitrogen functional groups attached to an aromatic ring is 1. The van der Waals surface area contributed by atoms with E-state index in [0.717, 1.165) is 21.1 Å². The van der Waals surface area contributed by atoms with Gasteiger partial charge in [0.25, 0.3) is 0 Å². The van der Waals surface area contributed by atoms with Crippen LogP contribution in [0.4, 0.5) is 17.3 Å². The van der Waals surface area contributed by atoms with Crippen molar-refractivity contribution in [2.75, 3.05) is 11.1 Å². The van der Waals surface area contributed by atoms with Crippen LogP contribution in [0, 0.1) is 0 Å². The van der Waals surface area contributed by atoms with Crippen molar-refractivity contribution >= 4 is 44.2 Å². The van der Waals surface area contributed by atoms with Gasteiger partial charge in [0.2, 0.25) is 0 Å². The lowest BCUT2D eigenvalue weighted by atomic mass is 10.2. The quantitative estimate of drug-likeness (QED) is 0.759. The van der Waals surface area contributed by atoms with Crippen LogP contribution in [0.5, 0.6) is 0 Å². The lowest BCUT2D eigenvalue weighted by Gasteiger charge is -2.08. The molecular formula is C13H10BrN5. The normalized spacial score (nSPS) is 10.6. The Morgan fingerprint density at radius 1 is 1.05 bits per heavy atom. The first-order valence-electron chi connectivity index (χ1n) is 5.61. The van der Waals surface area contributed by atoms with Gasteiger partial charge in [-0.25, -0.2) is 9.97 Å². The van der Waals surface area contributed by atoms with E-state index in [1.54, 1.807) is 12.4 Å². The molecule has 0 aliphatic rings. The maximum absolute atomic E-state index is 5.51. The Morgan fingerprint density at radius 2 is 1.95 bits per heavy atom. The van der Waals surface area contributed by atoms with E-state index < -0.39 is 0 Å². The summed E-state index contributed by atoms with van der Waals surface area (Å²) in [5.74, 6) is 1.02. The Balaban J connectivity index is 2.03. The Bertz CT molecular complexity index is 727. The van der Waals surface area contributed by atoms with E-state index in [-0.39, 0.29) is 0 Å². The highest BCUT2D eigenvalue weighted by atomic mass is 79.9. The Kier molecular flexibility index (Phi) is 3.00. The number of para-hydroxylation sites is 1. The molecule has 0 spiro atoms. The maximum Gasteiger partial charge on any atom is 0.149 e. The minimum Gasteiger partial charge on any atom is -0.382 e. The number of halogens is 1. The van der Waals surface area contributed by atoms with Crippen molar-refractivity contribution in [3.05, 3.63) is 47.3 Å². The van der Waals surface area contributed by atoms with Crippen molar-refractivity contribution in [3.63, 3.8) is 0 Å². The van der Waals surface area contributed by atoms with Crippen LogP contribution in [0.15, 0.2) is 47.3 Å². The molecule has 2 aromatic heterocycles. The second kappa shape index (κ2) is 4.81. The molecule has 0 amide bonds. The minimum atomic E-state index is 0.394. The van der Waals surface area contributed by atoms with Gasteiger partial charge in [0.15, 0.2) is 0 Å². The van der Waals surface area contributed by atoms with Crippen LogP contribution in [0.3, 0.4) is 0 Å². The number of fused-ring (bicyclic) bond motifs is 1. The van der Waals surface area contributed by atoms with E-state index >= 15 is 0 Å². The van der Waals surface area contributed by atoms with Crippen LogP contribution in [0.2, 0.25) is 0 Å². The molecule has 0 saturated carbocycles. The molecule has 3 rings (SSSR count). The van der Waals surface area contributed by atoms with Gasteiger partial charge in [0.1, 0.15) is 11.6 Å². The molecule has 0 aliphatic carbocycles. The highest BCUT2D eigenvalue weighted by Crippen LogP contribution is 2.25. The standard InChI is InChI=1S/C13H10BrN5/c14-9-4-8-2-1-3-10(13(8)18-5-9)19-12-7-16-11(15)6-17-12/h1-7H,(H2,15,16)(H,17,19). The van der Waals surface area contributed by atoms with Gasteiger partial charge in [0, 0.05) is 16.1 Å². The van der Waals surface area contributed by atoms with Crippen LogP contribution in [0.25, 0.3) is 10.9 Å². The molecule has 94 valence electrons. The van der Waals surface area contributed by atoms with E-state index in [9.17, 15) is 0 Å². The predicted molar refractivity (Wildman–Crippen MR) is 79.2 cm³/mol. The molecule has 19 heavy (non-hydrogen) atoms. The van der Waals surface area contributed by atoms with E-state index in [4.69, 9.17) is 5.73 Å². The van der Waals surface area contributed by atoms with Gasteiger partial charge in [-0.3, -0.25) is 4.98 Å². The first-order chi connectivity index (χ1) is 9.22. The fourth-order valence-corrected chi connectivity index (χ4v) is 2.12. The molecule has 3 N–H and O–H groups in total. The number of benzene rings is 1. The highest BCUT2D eigenvalue weighted by molar-refractivity contribution is 9.10. The average Bonchev–Trinajstić information content (AvgIpc) is 2.41. The number of anilines is 3. The number of rotatable bonds is 2. The maximum atomic E-state index is 5.51. The van der Waals surface area contributed by atoms with E-state index in [1.807, 2.05) is 24.3 Å². The summed E-state index contributed by atoms with van der Waals surface area (Å²) in [5.41, 5.74) is 7.27. The first-order valence-corrected chi connectivity index (χ1v) is 6.40. The van der Waals surface area contributed by atoms with Crippen LogP contribution >= 0.6 is 15.9 Å². The van der Waals surface area contributed by atoms with E-state index in [1.165, 1.54) is 6.20 Å². The number of aromatic nitrogens is 3. The monoisotopic (exact) mass is 315 g/mol. The first kappa shape index (κ1) is 11.9. The zero-order valence-corrected chi connectivity index (χ0v) is 11.4. The predicted octanol–water partition coefficient (Wildman–Crippen LogP) is 3.11. The van der Waals surface area contributed by atoms with Gasteiger partial charge < -0.3 is 11.1 Å². The molecule has 2 heterocycles. The van der Waals surface area contributed by atoms with E-state index in [2.05, 4.69) is 36.2 Å². The Hall–Kier alpha value is -2.21. The lowest BCUT2D eigenvalue weighted by Crippen LogP contribution is -1.98. The molecule has 3 aromatic rings. The molecule has 0 atom stereocenters. The Labute approximate surface area is 118 Å². The van der Waals surface area contributed by atoms with Gasteiger partial charge in [-0.1, -0.05) is 12.1 Å². The lowest BCUT2D eigenvalue weighted by molar-refractivity contribution is 1.21. The fraction of sp³-hybridized carbons (Fsp3) is 0. The second-order valence-corrected chi connectivity index (χ2v) is 4.90. The SMILES string of the molecule is Nc1cnc(Nc2cccc3cc(Br)cnc23)cn1. The number of hydrogen-bond donors (Lipinski definition) is 2. The number of nitrogens with two attached hydrogens (primary N) is 1. The molecule has 6 heteroatoms. The summed E-state index contributed by atoms with van der Waals surface area (Å²) < 4.78 is 0.949. The summed E-state index contributed by atoms with van der Waals surface area (Å²) in [6, 6.07) is 7.93. The van der Waals surface area contributed by atoms with Gasteiger partial charge >= 0.3 is 0 Å². The summed E-state index contributed by atoms with van der Waals surface area (Å²) in [6.07, 6.45) is 4.87. The Morgan fingerprint density at radius 3 is 2.74 bits per heavy atom. The van der Waals surface area contributed by atoms with Crippen molar-refractivity contribution < 1.29 is 0 Å². The van der Waals surface area contributed by atoms with Crippen LogP contribution in [-0.2, 0) is 0 Å². The molecule has 0 bridgehead atoms. The zero-order valence-electron chi connectivity index (χ0n) is 9.84. The number of pyridine rings is 1. The van der Waals surface area contributed by atoms with Crippen molar-refractivity contribution in [2.24, 2.45) is 0 Å². The van der Waals surface area contributed by atoms with Gasteiger partial charge in [-0.15, -0.1) is 0 Å². The summed E-state index contributed by atoms with van der Waals surface area (Å²) >= 11 is 3.41. The van der Waals surface area contributed by atoms with Crippen molar-refractivity contribution in [1.29, 1.82) is 0 Å². The van der Waals surface area contributed by atoms with Crippen molar-refractivity contribution in [3.8, 4) is 0 Å².